The number of carboxylic acid groups (broad SMARTS) is 1. The van der Waals surface area contributed by atoms with Crippen molar-refractivity contribution in [3.8, 4) is 0 Å². The number of aryl methyl sites for hydroxylation is 1. The lowest BCUT2D eigenvalue weighted by Gasteiger charge is -2.18. The maximum Gasteiger partial charge on any atom is 0.307 e. The van der Waals surface area contributed by atoms with Gasteiger partial charge in [-0.3, -0.25) is 9.69 Å². The molecule has 0 spiro atoms. The topological polar surface area (TPSA) is 58.4 Å². The average Bonchev–Trinajstić information content (AvgIpc) is 2.64. The molecule has 0 fully saturated rings. The second-order valence-corrected chi connectivity index (χ2v) is 4.07. The quantitative estimate of drug-likeness (QED) is 0.786. The standard InChI is InChI=1S/C11H19N3O2/c1-4-14-6-5-12-10(14)8-13(3)7-9(2)11(15)16/h5-6,9H,4,7-8H2,1-3H3,(H,15,16). The van der Waals surface area contributed by atoms with Crippen molar-refractivity contribution in [1.82, 2.24) is 14.5 Å². The number of nitrogens with zero attached hydrogens (tertiary/aromatic N) is 3. The zero-order chi connectivity index (χ0) is 12.1. The molecule has 1 aromatic rings. The zero-order valence-corrected chi connectivity index (χ0v) is 10.1. The molecule has 0 radical (unpaired) electrons. The van der Waals surface area contributed by atoms with E-state index in [4.69, 9.17) is 5.11 Å². The monoisotopic (exact) mass is 225 g/mol. The summed E-state index contributed by atoms with van der Waals surface area (Å²) in [4.78, 5) is 16.9. The van der Waals surface area contributed by atoms with Gasteiger partial charge in [0.2, 0.25) is 0 Å². The molecule has 0 aliphatic rings. The van der Waals surface area contributed by atoms with Gasteiger partial charge in [0.25, 0.3) is 0 Å². The van der Waals surface area contributed by atoms with Crippen molar-refractivity contribution in [2.75, 3.05) is 13.6 Å². The summed E-state index contributed by atoms with van der Waals surface area (Å²) in [5.74, 6) is -0.136. The Morgan fingerprint density at radius 3 is 2.94 bits per heavy atom. The summed E-state index contributed by atoms with van der Waals surface area (Å²) in [6.07, 6.45) is 3.71. The molecule has 0 saturated carbocycles. The highest BCUT2D eigenvalue weighted by molar-refractivity contribution is 5.69. The molecule has 0 amide bonds. The molecule has 1 unspecified atom stereocenters. The van der Waals surface area contributed by atoms with E-state index >= 15 is 0 Å². The van der Waals surface area contributed by atoms with Gasteiger partial charge in [0, 0.05) is 25.5 Å². The van der Waals surface area contributed by atoms with Crippen molar-refractivity contribution in [3.63, 3.8) is 0 Å². The van der Waals surface area contributed by atoms with Gasteiger partial charge in [-0.2, -0.15) is 0 Å². The van der Waals surface area contributed by atoms with E-state index in [9.17, 15) is 4.79 Å². The Bertz CT molecular complexity index is 349. The average molecular weight is 225 g/mol. The third kappa shape index (κ3) is 3.34. The van der Waals surface area contributed by atoms with Gasteiger partial charge in [0.15, 0.2) is 0 Å². The van der Waals surface area contributed by atoms with Crippen LogP contribution in [-0.2, 0) is 17.9 Å². The molecule has 1 heterocycles. The van der Waals surface area contributed by atoms with Crippen LogP contribution < -0.4 is 0 Å². The van der Waals surface area contributed by atoms with E-state index < -0.39 is 5.97 Å². The Morgan fingerprint density at radius 2 is 2.38 bits per heavy atom. The Morgan fingerprint density at radius 1 is 1.69 bits per heavy atom. The van der Waals surface area contributed by atoms with Crippen LogP contribution in [-0.4, -0.2) is 39.1 Å². The van der Waals surface area contributed by atoms with Gasteiger partial charge < -0.3 is 9.67 Å². The van der Waals surface area contributed by atoms with Gasteiger partial charge >= 0.3 is 5.97 Å². The lowest BCUT2D eigenvalue weighted by Crippen LogP contribution is -2.29. The minimum absolute atomic E-state index is 0.352. The summed E-state index contributed by atoms with van der Waals surface area (Å²) < 4.78 is 2.06. The highest BCUT2D eigenvalue weighted by Gasteiger charge is 2.14. The largest absolute Gasteiger partial charge is 0.481 e. The summed E-state index contributed by atoms with van der Waals surface area (Å²) in [6.45, 7) is 5.87. The normalized spacial score (nSPS) is 13.0. The fourth-order valence-electron chi connectivity index (χ4n) is 1.63. The SMILES string of the molecule is CCn1ccnc1CN(C)CC(C)C(=O)O. The van der Waals surface area contributed by atoms with E-state index in [1.54, 1.807) is 13.1 Å². The molecule has 0 aromatic carbocycles. The lowest BCUT2D eigenvalue weighted by atomic mass is 10.2. The number of imidazole rings is 1. The predicted molar refractivity (Wildman–Crippen MR) is 61.0 cm³/mol. The molecule has 1 N–H and O–H groups in total. The molecular weight excluding hydrogens is 206 g/mol. The zero-order valence-electron chi connectivity index (χ0n) is 10.1. The van der Waals surface area contributed by atoms with Crippen LogP contribution in [0.25, 0.3) is 0 Å². The molecule has 5 nitrogen and oxygen atoms in total. The van der Waals surface area contributed by atoms with Crippen LogP contribution >= 0.6 is 0 Å². The minimum Gasteiger partial charge on any atom is -0.481 e. The molecule has 1 rings (SSSR count). The minimum atomic E-state index is -0.759. The van der Waals surface area contributed by atoms with Crippen molar-refractivity contribution >= 4 is 5.97 Å². The number of hydrogen-bond donors (Lipinski definition) is 1. The van der Waals surface area contributed by atoms with E-state index in [1.165, 1.54) is 0 Å². The summed E-state index contributed by atoms with van der Waals surface area (Å²) in [5.41, 5.74) is 0. The maximum absolute atomic E-state index is 10.7. The van der Waals surface area contributed by atoms with Crippen molar-refractivity contribution in [3.05, 3.63) is 18.2 Å². The first kappa shape index (κ1) is 12.7. The summed E-state index contributed by atoms with van der Waals surface area (Å²) >= 11 is 0. The third-order valence-corrected chi connectivity index (χ3v) is 2.56. The number of hydrogen-bond acceptors (Lipinski definition) is 3. The van der Waals surface area contributed by atoms with E-state index in [1.807, 2.05) is 18.1 Å². The predicted octanol–water partition coefficient (Wildman–Crippen LogP) is 1.06. The van der Waals surface area contributed by atoms with Crippen molar-refractivity contribution in [2.24, 2.45) is 5.92 Å². The lowest BCUT2D eigenvalue weighted by molar-refractivity contribution is -0.141. The Kier molecular flexibility index (Phi) is 4.49. The van der Waals surface area contributed by atoms with Crippen LogP contribution in [0.4, 0.5) is 0 Å². The summed E-state index contributed by atoms with van der Waals surface area (Å²) in [6, 6.07) is 0. The molecule has 5 heteroatoms. The number of rotatable bonds is 6. The van der Waals surface area contributed by atoms with Gasteiger partial charge in [0.1, 0.15) is 5.82 Å². The number of carbonyl (C=O) groups is 1. The second-order valence-electron chi connectivity index (χ2n) is 4.07. The van der Waals surface area contributed by atoms with Gasteiger partial charge in [-0.1, -0.05) is 6.92 Å². The van der Waals surface area contributed by atoms with Crippen LogP contribution in [0.5, 0.6) is 0 Å². The van der Waals surface area contributed by atoms with Crippen LogP contribution in [0.2, 0.25) is 0 Å². The van der Waals surface area contributed by atoms with Gasteiger partial charge in [-0.15, -0.1) is 0 Å². The molecular formula is C11H19N3O2. The third-order valence-electron chi connectivity index (χ3n) is 2.56. The highest BCUT2D eigenvalue weighted by atomic mass is 16.4. The van der Waals surface area contributed by atoms with E-state index in [0.717, 1.165) is 12.4 Å². The molecule has 0 bridgehead atoms. The molecule has 0 aliphatic heterocycles. The number of aliphatic carboxylic acids is 1. The van der Waals surface area contributed by atoms with Crippen LogP contribution in [0.3, 0.4) is 0 Å². The second kappa shape index (κ2) is 5.65. The first-order chi connectivity index (χ1) is 7.54. The molecule has 1 atom stereocenters. The Balaban J connectivity index is 2.51. The number of aromatic nitrogens is 2. The van der Waals surface area contributed by atoms with Crippen molar-refractivity contribution < 1.29 is 9.90 Å². The molecule has 0 aliphatic carbocycles. The van der Waals surface area contributed by atoms with E-state index in [2.05, 4.69) is 16.5 Å². The van der Waals surface area contributed by atoms with Gasteiger partial charge in [0.05, 0.1) is 12.5 Å². The van der Waals surface area contributed by atoms with Crippen LogP contribution in [0.1, 0.15) is 19.7 Å². The van der Waals surface area contributed by atoms with Crippen molar-refractivity contribution in [1.29, 1.82) is 0 Å². The summed E-state index contributed by atoms with van der Waals surface area (Å²) in [7, 11) is 1.91. The first-order valence-electron chi connectivity index (χ1n) is 5.46. The molecule has 1 aromatic heterocycles. The summed E-state index contributed by atoms with van der Waals surface area (Å²) in [5, 5.41) is 8.81. The Labute approximate surface area is 95.7 Å². The van der Waals surface area contributed by atoms with Gasteiger partial charge in [-0.25, -0.2) is 4.98 Å². The van der Waals surface area contributed by atoms with Crippen LogP contribution in [0.15, 0.2) is 12.4 Å². The molecule has 90 valence electrons. The van der Waals surface area contributed by atoms with Crippen LogP contribution in [0, 0.1) is 5.92 Å². The van der Waals surface area contributed by atoms with E-state index in [0.29, 0.717) is 13.1 Å². The first-order valence-corrected chi connectivity index (χ1v) is 5.46. The fourth-order valence-corrected chi connectivity index (χ4v) is 1.63. The van der Waals surface area contributed by atoms with E-state index in [-0.39, 0.29) is 5.92 Å². The van der Waals surface area contributed by atoms with Crippen molar-refractivity contribution in [2.45, 2.75) is 26.9 Å². The maximum atomic E-state index is 10.7. The highest BCUT2D eigenvalue weighted by Crippen LogP contribution is 2.04. The molecule has 0 saturated heterocycles. The molecule has 16 heavy (non-hydrogen) atoms. The van der Waals surface area contributed by atoms with Gasteiger partial charge in [-0.05, 0) is 14.0 Å². The fraction of sp³-hybridized carbons (Fsp3) is 0.636. The smallest absolute Gasteiger partial charge is 0.307 e. The number of carboxylic acids is 1. The Hall–Kier alpha value is -1.36.